The normalized spacial score (nSPS) is 16.8. The zero-order valence-corrected chi connectivity index (χ0v) is 14.4. The van der Waals surface area contributed by atoms with Crippen molar-refractivity contribution in [3.8, 4) is 0 Å². The molecule has 0 bridgehead atoms. The molecule has 11 heteroatoms. The number of hydrogen-bond donors (Lipinski definition) is 1. The van der Waals surface area contributed by atoms with E-state index in [0.717, 1.165) is 17.7 Å². The maximum atomic E-state index is 12.6. The van der Waals surface area contributed by atoms with Gasteiger partial charge in [-0.1, -0.05) is 6.92 Å². The van der Waals surface area contributed by atoms with Crippen LogP contribution in [0.4, 0.5) is 32.0 Å². The fourth-order valence-corrected chi connectivity index (χ4v) is 2.01. The number of methoxy groups -OCH3 is 1. The third kappa shape index (κ3) is 7.08. The van der Waals surface area contributed by atoms with Gasteiger partial charge in [0.25, 0.3) is 0 Å². The van der Waals surface area contributed by atoms with Crippen LogP contribution in [0, 0.1) is 0 Å². The van der Waals surface area contributed by atoms with Crippen molar-refractivity contribution in [1.29, 1.82) is 0 Å². The van der Waals surface area contributed by atoms with Gasteiger partial charge in [0.15, 0.2) is 6.23 Å². The fourth-order valence-electron chi connectivity index (χ4n) is 2.01. The number of β-amino-alcohol motifs (C(OH)–C–C–N with tert-alkyl or cyclic N) is 1. The number of aliphatic imine (C=N–C) groups is 1. The third-order valence-corrected chi connectivity index (χ3v) is 3.32. The average Bonchev–Trinajstić information content (AvgIpc) is 3.00. The van der Waals surface area contributed by atoms with Crippen molar-refractivity contribution < 1.29 is 41.0 Å². The molecule has 2 rings (SSSR count). The van der Waals surface area contributed by atoms with Crippen LogP contribution in [0.2, 0.25) is 0 Å². The molecule has 27 heavy (non-hydrogen) atoms. The van der Waals surface area contributed by atoms with E-state index in [4.69, 9.17) is 5.11 Å². The van der Waals surface area contributed by atoms with Crippen molar-refractivity contribution in [2.45, 2.75) is 38.3 Å². The number of carbonyl (C=O) groups excluding carboxylic acids is 1. The lowest BCUT2D eigenvalue weighted by Gasteiger charge is -2.19. The number of alkyl halides is 6. The van der Waals surface area contributed by atoms with E-state index in [1.165, 1.54) is 7.11 Å². The molecule has 5 nitrogen and oxygen atoms in total. The van der Waals surface area contributed by atoms with E-state index in [1.54, 1.807) is 0 Å². The third-order valence-electron chi connectivity index (χ3n) is 3.32. The predicted molar refractivity (Wildman–Crippen MR) is 85.2 cm³/mol. The van der Waals surface area contributed by atoms with Gasteiger partial charge in [0.05, 0.1) is 31.1 Å². The van der Waals surface area contributed by atoms with Gasteiger partial charge in [0, 0.05) is 12.1 Å². The molecule has 1 aromatic rings. The Labute approximate surface area is 151 Å². The molecule has 0 aliphatic carbocycles. The van der Waals surface area contributed by atoms with Gasteiger partial charge >= 0.3 is 18.3 Å². The van der Waals surface area contributed by atoms with Crippen molar-refractivity contribution >= 4 is 18.0 Å². The lowest BCUT2D eigenvalue weighted by atomic mass is 10.1. The van der Waals surface area contributed by atoms with Gasteiger partial charge in [-0.25, -0.2) is 4.99 Å². The topological polar surface area (TPSA) is 62.1 Å². The minimum atomic E-state index is -4.90. The summed E-state index contributed by atoms with van der Waals surface area (Å²) in [5, 5.41) is 9.14. The SMILES string of the molecule is CCCC(=O)OC.OC1CN(c2cc(C(F)(F)F)cc(C(F)(F)F)c2)C=N1. The number of esters is 1. The Hall–Kier alpha value is -2.30. The first-order valence-corrected chi connectivity index (χ1v) is 7.72. The number of hydrogen-bond acceptors (Lipinski definition) is 5. The van der Waals surface area contributed by atoms with Gasteiger partial charge in [-0.15, -0.1) is 0 Å². The molecule has 0 radical (unpaired) electrons. The fraction of sp³-hybridized carbons (Fsp3) is 0.500. The molecule has 0 spiro atoms. The standard InChI is InChI=1S/C11H8F6N2O.C5H10O2/c12-10(13,14)6-1-7(11(15,16)17)3-8(2-6)19-4-9(20)18-5-19;1-3-4-5(6)7-2/h1-3,5,9,20H,4H2;3-4H2,1-2H3. The number of halogens is 6. The Morgan fingerprint density at radius 1 is 1.19 bits per heavy atom. The summed E-state index contributed by atoms with van der Waals surface area (Å²) in [7, 11) is 1.40. The number of carbonyl (C=O) groups is 1. The summed E-state index contributed by atoms with van der Waals surface area (Å²) in [4.78, 5) is 14.7. The van der Waals surface area contributed by atoms with Gasteiger partial charge < -0.3 is 14.7 Å². The van der Waals surface area contributed by atoms with Gasteiger partial charge in [-0.2, -0.15) is 26.3 Å². The first kappa shape index (κ1) is 22.7. The minimum Gasteiger partial charge on any atom is -0.469 e. The lowest BCUT2D eigenvalue weighted by molar-refractivity contribution is -0.143. The highest BCUT2D eigenvalue weighted by Gasteiger charge is 2.37. The number of nitrogens with zero attached hydrogens (tertiary/aromatic N) is 2. The molecule has 152 valence electrons. The summed E-state index contributed by atoms with van der Waals surface area (Å²) < 4.78 is 80.1. The molecule has 1 aliphatic heterocycles. The van der Waals surface area contributed by atoms with E-state index < -0.39 is 29.7 Å². The van der Waals surface area contributed by atoms with Gasteiger partial charge in [0.1, 0.15) is 0 Å². The first-order valence-electron chi connectivity index (χ1n) is 7.72. The second-order valence-corrected chi connectivity index (χ2v) is 5.49. The molecule has 0 fully saturated rings. The number of aliphatic hydroxyl groups excluding tert-OH is 1. The maximum absolute atomic E-state index is 12.6. The summed E-state index contributed by atoms with van der Waals surface area (Å²) in [6.45, 7) is 1.75. The van der Waals surface area contributed by atoms with Crippen molar-refractivity contribution in [3.05, 3.63) is 29.3 Å². The highest BCUT2D eigenvalue weighted by atomic mass is 19.4. The smallest absolute Gasteiger partial charge is 0.416 e. The Balaban J connectivity index is 0.000000445. The molecule has 1 unspecified atom stereocenters. The minimum absolute atomic E-state index is 0.0488. The van der Waals surface area contributed by atoms with E-state index in [1.807, 2.05) is 6.92 Å². The Kier molecular flexibility index (Phi) is 7.64. The first-order chi connectivity index (χ1) is 12.4. The summed E-state index contributed by atoms with van der Waals surface area (Å²) in [5.41, 5.74) is -3.14. The van der Waals surface area contributed by atoms with Gasteiger partial charge in [-0.3, -0.25) is 4.79 Å². The lowest BCUT2D eigenvalue weighted by Crippen LogP contribution is -2.23. The second-order valence-electron chi connectivity index (χ2n) is 5.49. The van der Waals surface area contributed by atoms with E-state index in [2.05, 4.69) is 9.73 Å². The van der Waals surface area contributed by atoms with E-state index in [0.29, 0.717) is 18.6 Å². The summed E-state index contributed by atoms with van der Waals surface area (Å²) in [6, 6.07) is 1.21. The maximum Gasteiger partial charge on any atom is 0.416 e. The predicted octanol–water partition coefficient (Wildman–Crippen LogP) is 3.85. The molecule has 1 aliphatic rings. The molecule has 0 amide bonds. The van der Waals surface area contributed by atoms with E-state index in [9.17, 15) is 31.1 Å². The molecule has 0 saturated heterocycles. The van der Waals surface area contributed by atoms with Gasteiger partial charge in [-0.05, 0) is 24.6 Å². The number of rotatable bonds is 3. The van der Waals surface area contributed by atoms with Crippen LogP contribution in [-0.4, -0.2) is 37.3 Å². The average molecular weight is 400 g/mol. The molecule has 1 heterocycles. The molecular weight excluding hydrogens is 382 g/mol. The van der Waals surface area contributed by atoms with Crippen molar-refractivity contribution in [3.63, 3.8) is 0 Å². The van der Waals surface area contributed by atoms with Crippen LogP contribution in [0.15, 0.2) is 23.2 Å². The Morgan fingerprint density at radius 2 is 1.70 bits per heavy atom. The number of aliphatic hydroxyl groups is 1. The Bertz CT molecular complexity index is 641. The van der Waals surface area contributed by atoms with E-state index in [-0.39, 0.29) is 24.3 Å². The highest BCUT2D eigenvalue weighted by molar-refractivity contribution is 5.81. The zero-order valence-electron chi connectivity index (χ0n) is 14.4. The van der Waals surface area contributed by atoms with Crippen molar-refractivity contribution in [2.75, 3.05) is 18.6 Å². The second kappa shape index (κ2) is 9.07. The molecular formula is C16H18F6N2O3. The highest BCUT2D eigenvalue weighted by Crippen LogP contribution is 2.38. The van der Waals surface area contributed by atoms with E-state index >= 15 is 0 Å². The Morgan fingerprint density at radius 3 is 2.00 bits per heavy atom. The number of anilines is 1. The van der Waals surface area contributed by atoms with Crippen LogP contribution >= 0.6 is 0 Å². The van der Waals surface area contributed by atoms with Crippen LogP contribution in [-0.2, 0) is 21.9 Å². The van der Waals surface area contributed by atoms with Crippen LogP contribution in [0.3, 0.4) is 0 Å². The monoisotopic (exact) mass is 400 g/mol. The summed E-state index contributed by atoms with van der Waals surface area (Å²) >= 11 is 0. The quantitative estimate of drug-likeness (QED) is 0.619. The van der Waals surface area contributed by atoms with Crippen LogP contribution < -0.4 is 4.90 Å². The molecule has 1 atom stereocenters. The zero-order chi connectivity index (χ0) is 20.8. The largest absolute Gasteiger partial charge is 0.469 e. The summed E-state index contributed by atoms with van der Waals surface area (Å²) in [5.74, 6) is -0.123. The van der Waals surface area contributed by atoms with Crippen molar-refractivity contribution in [1.82, 2.24) is 0 Å². The molecule has 1 aromatic carbocycles. The molecule has 1 N–H and O–H groups in total. The van der Waals surface area contributed by atoms with Crippen LogP contribution in [0.5, 0.6) is 0 Å². The van der Waals surface area contributed by atoms with Crippen molar-refractivity contribution in [2.24, 2.45) is 4.99 Å². The van der Waals surface area contributed by atoms with Crippen LogP contribution in [0.25, 0.3) is 0 Å². The number of ether oxygens (including phenoxy) is 1. The van der Waals surface area contributed by atoms with Gasteiger partial charge in [0.2, 0.25) is 0 Å². The summed E-state index contributed by atoms with van der Waals surface area (Å²) in [6.07, 6.45) is -8.56. The van der Waals surface area contributed by atoms with Crippen LogP contribution in [0.1, 0.15) is 30.9 Å². The molecule has 0 saturated carbocycles. The molecule has 0 aromatic heterocycles. The number of benzene rings is 1.